The van der Waals surface area contributed by atoms with Gasteiger partial charge < -0.3 is 19.9 Å². The lowest BCUT2D eigenvalue weighted by molar-refractivity contribution is -0.119. The summed E-state index contributed by atoms with van der Waals surface area (Å²) in [6.45, 7) is 5.30. The lowest BCUT2D eigenvalue weighted by Gasteiger charge is -2.44. The standard InChI is InChI=1S/C22H29N5O4S/c1-4-23-32(29,30)18-7-5-6-16(14-18)24-20-9-8-19-21(25-20)27(15(2)22(28)26(19)3)17-10-12-31-13-11-17/h5-9,14-15,17,23H,4,10-13H2,1-3H3,(H,24,25). The van der Waals surface area contributed by atoms with Crippen molar-refractivity contribution in [2.24, 2.45) is 0 Å². The van der Waals surface area contributed by atoms with E-state index in [4.69, 9.17) is 9.72 Å². The Hall–Kier alpha value is -2.69. The van der Waals surface area contributed by atoms with Crippen LogP contribution < -0.4 is 19.8 Å². The van der Waals surface area contributed by atoms with Gasteiger partial charge in [0.15, 0.2) is 5.82 Å². The number of ether oxygens (including phenoxy) is 1. The fraction of sp³-hybridized carbons (Fsp3) is 0.455. The molecule has 3 heterocycles. The van der Waals surface area contributed by atoms with Crippen molar-refractivity contribution in [1.29, 1.82) is 0 Å². The molecule has 1 fully saturated rings. The van der Waals surface area contributed by atoms with Crippen LogP contribution in [0.4, 0.5) is 23.0 Å². The van der Waals surface area contributed by atoms with E-state index in [1.807, 2.05) is 13.0 Å². The van der Waals surface area contributed by atoms with E-state index in [1.54, 1.807) is 49.2 Å². The van der Waals surface area contributed by atoms with Gasteiger partial charge in [0.1, 0.15) is 11.9 Å². The topological polar surface area (TPSA) is 104 Å². The van der Waals surface area contributed by atoms with Gasteiger partial charge in [-0.2, -0.15) is 0 Å². The lowest BCUT2D eigenvalue weighted by Crippen LogP contribution is -2.56. The smallest absolute Gasteiger partial charge is 0.249 e. The molecular weight excluding hydrogens is 430 g/mol. The second-order valence-electron chi connectivity index (χ2n) is 8.02. The van der Waals surface area contributed by atoms with E-state index < -0.39 is 10.0 Å². The number of pyridine rings is 1. The molecule has 0 spiro atoms. The van der Waals surface area contributed by atoms with Gasteiger partial charge in [-0.05, 0) is 50.1 Å². The maximum absolute atomic E-state index is 12.8. The zero-order valence-electron chi connectivity index (χ0n) is 18.5. The molecule has 1 unspecified atom stereocenters. The van der Waals surface area contributed by atoms with Crippen LogP contribution >= 0.6 is 0 Å². The van der Waals surface area contributed by atoms with Crippen LogP contribution in [0.15, 0.2) is 41.3 Å². The number of carbonyl (C=O) groups is 1. The molecule has 0 aliphatic carbocycles. The second kappa shape index (κ2) is 9.05. The average molecular weight is 460 g/mol. The third kappa shape index (κ3) is 4.30. The van der Waals surface area contributed by atoms with E-state index >= 15 is 0 Å². The van der Waals surface area contributed by atoms with E-state index in [0.717, 1.165) is 24.3 Å². The number of hydrogen-bond acceptors (Lipinski definition) is 7. The first-order valence-electron chi connectivity index (χ1n) is 10.8. The number of likely N-dealkylation sites (N-methyl/N-ethyl adjacent to an activating group) is 1. The molecule has 2 aliphatic rings. The number of aromatic nitrogens is 1. The minimum absolute atomic E-state index is 0.0350. The molecule has 2 N–H and O–H groups in total. The van der Waals surface area contributed by atoms with Crippen LogP contribution in [0.1, 0.15) is 26.7 Å². The minimum Gasteiger partial charge on any atom is -0.381 e. The monoisotopic (exact) mass is 459 g/mol. The molecule has 0 radical (unpaired) electrons. The molecule has 1 amide bonds. The van der Waals surface area contributed by atoms with Crippen LogP contribution in [0, 0.1) is 0 Å². The van der Waals surface area contributed by atoms with Crippen LogP contribution in [0.2, 0.25) is 0 Å². The third-order valence-electron chi connectivity index (χ3n) is 5.90. The van der Waals surface area contributed by atoms with Crippen molar-refractivity contribution in [3.63, 3.8) is 0 Å². The predicted octanol–water partition coefficient (Wildman–Crippen LogP) is 2.47. The first-order valence-corrected chi connectivity index (χ1v) is 12.3. The second-order valence-corrected chi connectivity index (χ2v) is 9.78. The van der Waals surface area contributed by atoms with Crippen molar-refractivity contribution < 1.29 is 17.9 Å². The molecule has 1 aromatic heterocycles. The molecule has 2 aromatic rings. The van der Waals surface area contributed by atoms with Gasteiger partial charge in [0.25, 0.3) is 0 Å². The molecule has 172 valence electrons. The predicted molar refractivity (Wildman–Crippen MR) is 124 cm³/mol. The first kappa shape index (κ1) is 22.5. The van der Waals surface area contributed by atoms with Gasteiger partial charge in [-0.25, -0.2) is 18.1 Å². The minimum atomic E-state index is -3.56. The number of carbonyl (C=O) groups excluding carboxylic acids is 1. The zero-order chi connectivity index (χ0) is 22.9. The van der Waals surface area contributed by atoms with E-state index in [2.05, 4.69) is 14.9 Å². The Bertz CT molecular complexity index is 1100. The summed E-state index contributed by atoms with van der Waals surface area (Å²) in [5.41, 5.74) is 1.37. The fourth-order valence-electron chi connectivity index (χ4n) is 4.28. The van der Waals surface area contributed by atoms with E-state index in [0.29, 0.717) is 31.3 Å². The highest BCUT2D eigenvalue weighted by atomic mass is 32.2. The van der Waals surface area contributed by atoms with Crippen LogP contribution in [0.5, 0.6) is 0 Å². The number of hydrogen-bond donors (Lipinski definition) is 2. The van der Waals surface area contributed by atoms with Crippen molar-refractivity contribution in [1.82, 2.24) is 9.71 Å². The number of benzene rings is 1. The number of sulfonamides is 1. The van der Waals surface area contributed by atoms with Crippen molar-refractivity contribution in [3.8, 4) is 0 Å². The van der Waals surface area contributed by atoms with Gasteiger partial charge in [0.2, 0.25) is 15.9 Å². The fourth-order valence-corrected chi connectivity index (χ4v) is 5.37. The van der Waals surface area contributed by atoms with Gasteiger partial charge in [-0.3, -0.25) is 4.79 Å². The Morgan fingerprint density at radius 3 is 2.66 bits per heavy atom. The number of amides is 1. The number of fused-ring (bicyclic) bond motifs is 1. The quantitative estimate of drug-likeness (QED) is 0.684. The molecule has 10 heteroatoms. The summed E-state index contributed by atoms with van der Waals surface area (Å²) < 4.78 is 32.7. The van der Waals surface area contributed by atoms with Crippen LogP contribution in [0.3, 0.4) is 0 Å². The maximum Gasteiger partial charge on any atom is 0.249 e. The van der Waals surface area contributed by atoms with Crippen molar-refractivity contribution >= 4 is 38.9 Å². The molecule has 0 bridgehead atoms. The Morgan fingerprint density at radius 2 is 1.94 bits per heavy atom. The Morgan fingerprint density at radius 1 is 1.19 bits per heavy atom. The molecule has 1 atom stereocenters. The van der Waals surface area contributed by atoms with Gasteiger partial charge in [0, 0.05) is 38.5 Å². The summed E-state index contributed by atoms with van der Waals surface area (Å²) in [4.78, 5) is 21.6. The summed E-state index contributed by atoms with van der Waals surface area (Å²) >= 11 is 0. The highest BCUT2D eigenvalue weighted by Gasteiger charge is 2.39. The molecule has 1 saturated heterocycles. The van der Waals surface area contributed by atoms with Crippen LogP contribution in [0.25, 0.3) is 0 Å². The molecule has 1 aromatic carbocycles. The SMILES string of the molecule is CCNS(=O)(=O)c1cccc(Nc2ccc3c(n2)N(C2CCOCC2)C(C)C(=O)N3C)c1. The van der Waals surface area contributed by atoms with E-state index in [-0.39, 0.29) is 22.9 Å². The number of rotatable bonds is 6. The third-order valence-corrected chi connectivity index (χ3v) is 7.44. The zero-order valence-corrected chi connectivity index (χ0v) is 19.4. The molecule has 2 aliphatic heterocycles. The maximum atomic E-state index is 12.8. The number of anilines is 4. The summed E-state index contributed by atoms with van der Waals surface area (Å²) in [5.74, 6) is 1.36. The van der Waals surface area contributed by atoms with Crippen LogP contribution in [-0.4, -0.2) is 58.2 Å². The Kier molecular flexibility index (Phi) is 6.36. The number of nitrogens with zero attached hydrogens (tertiary/aromatic N) is 3. The summed E-state index contributed by atoms with van der Waals surface area (Å²) in [6.07, 6.45) is 1.68. The summed E-state index contributed by atoms with van der Waals surface area (Å²) in [6, 6.07) is 10.1. The normalized spacial score (nSPS) is 19.7. The van der Waals surface area contributed by atoms with E-state index in [1.165, 1.54) is 0 Å². The van der Waals surface area contributed by atoms with Gasteiger partial charge >= 0.3 is 0 Å². The molecule has 0 saturated carbocycles. The number of nitrogens with one attached hydrogen (secondary N) is 2. The van der Waals surface area contributed by atoms with Crippen LogP contribution in [-0.2, 0) is 19.6 Å². The highest BCUT2D eigenvalue weighted by Crippen LogP contribution is 2.38. The van der Waals surface area contributed by atoms with Crippen molar-refractivity contribution in [3.05, 3.63) is 36.4 Å². The molecule has 4 rings (SSSR count). The Labute approximate surface area is 188 Å². The van der Waals surface area contributed by atoms with Crippen molar-refractivity contribution in [2.45, 2.75) is 43.7 Å². The van der Waals surface area contributed by atoms with Gasteiger partial charge in [-0.1, -0.05) is 13.0 Å². The summed E-state index contributed by atoms with van der Waals surface area (Å²) in [5, 5.41) is 3.21. The van der Waals surface area contributed by atoms with E-state index in [9.17, 15) is 13.2 Å². The molecule has 9 nitrogen and oxygen atoms in total. The summed E-state index contributed by atoms with van der Waals surface area (Å²) in [7, 11) is -1.79. The average Bonchev–Trinajstić information content (AvgIpc) is 2.78. The van der Waals surface area contributed by atoms with Crippen molar-refractivity contribution in [2.75, 3.05) is 41.9 Å². The highest BCUT2D eigenvalue weighted by molar-refractivity contribution is 7.89. The lowest BCUT2D eigenvalue weighted by atomic mass is 10.0. The Balaban J connectivity index is 1.67. The molecular formula is C22H29N5O4S. The largest absolute Gasteiger partial charge is 0.381 e. The first-order chi connectivity index (χ1) is 15.3. The molecule has 32 heavy (non-hydrogen) atoms. The van der Waals surface area contributed by atoms with Gasteiger partial charge in [-0.15, -0.1) is 0 Å². The van der Waals surface area contributed by atoms with Gasteiger partial charge in [0.05, 0.1) is 10.6 Å².